The molecule has 1 fully saturated rings. The third kappa shape index (κ3) is 5.75. The van der Waals surface area contributed by atoms with Crippen molar-refractivity contribution in [3.05, 3.63) is 53.2 Å². The summed E-state index contributed by atoms with van der Waals surface area (Å²) in [6.07, 6.45) is -0.232. The topological polar surface area (TPSA) is 83.0 Å². The first kappa shape index (κ1) is 21.7. The number of thiophene rings is 1. The maximum Gasteiger partial charge on any atom is 0.250 e. The maximum absolute atomic E-state index is 13.2. The fraction of sp³-hybridized carbons (Fsp3) is 0.421. The minimum absolute atomic E-state index is 0.0327. The Labute approximate surface area is 174 Å². The summed E-state index contributed by atoms with van der Waals surface area (Å²) in [6.45, 7) is 3.82. The molecule has 0 saturated carbocycles. The quantitative estimate of drug-likeness (QED) is 0.409. The van der Waals surface area contributed by atoms with Crippen molar-refractivity contribution in [1.29, 1.82) is 0 Å². The third-order valence-electron chi connectivity index (χ3n) is 4.47. The minimum atomic E-state index is -3.48. The van der Waals surface area contributed by atoms with Crippen molar-refractivity contribution < 1.29 is 17.5 Å². The SMILES string of the molecule is CN=C(NCCNS(=O)(=O)c1cccs1)N1CC(C)OC(c2ccc(F)cc2)C1. The number of rotatable bonds is 6. The Morgan fingerprint density at radius 3 is 2.69 bits per heavy atom. The lowest BCUT2D eigenvalue weighted by atomic mass is 10.1. The highest BCUT2D eigenvalue weighted by Crippen LogP contribution is 2.25. The zero-order chi connectivity index (χ0) is 20.9. The van der Waals surface area contributed by atoms with E-state index in [0.717, 1.165) is 5.56 Å². The van der Waals surface area contributed by atoms with Crippen LogP contribution >= 0.6 is 11.3 Å². The second kappa shape index (κ2) is 9.66. The Morgan fingerprint density at radius 1 is 1.28 bits per heavy atom. The van der Waals surface area contributed by atoms with E-state index < -0.39 is 10.0 Å². The van der Waals surface area contributed by atoms with Gasteiger partial charge in [0.1, 0.15) is 16.1 Å². The smallest absolute Gasteiger partial charge is 0.250 e. The lowest BCUT2D eigenvalue weighted by Gasteiger charge is -2.38. The van der Waals surface area contributed by atoms with Crippen molar-refractivity contribution in [2.24, 2.45) is 4.99 Å². The van der Waals surface area contributed by atoms with Gasteiger partial charge in [0.05, 0.1) is 12.6 Å². The molecule has 0 amide bonds. The summed E-state index contributed by atoms with van der Waals surface area (Å²) in [5.41, 5.74) is 0.905. The summed E-state index contributed by atoms with van der Waals surface area (Å²) in [4.78, 5) is 6.38. The number of guanidine groups is 1. The molecular weight excluding hydrogens is 415 g/mol. The molecule has 0 bridgehead atoms. The molecule has 7 nitrogen and oxygen atoms in total. The molecule has 2 unspecified atom stereocenters. The highest BCUT2D eigenvalue weighted by Gasteiger charge is 2.28. The Balaban J connectivity index is 1.55. The monoisotopic (exact) mass is 440 g/mol. The zero-order valence-corrected chi connectivity index (χ0v) is 18.0. The Hall–Kier alpha value is -2.01. The number of nitrogens with zero attached hydrogens (tertiary/aromatic N) is 2. The first-order chi connectivity index (χ1) is 13.9. The van der Waals surface area contributed by atoms with Gasteiger partial charge in [0.15, 0.2) is 5.96 Å². The van der Waals surface area contributed by atoms with E-state index >= 15 is 0 Å². The molecule has 1 aromatic carbocycles. The van der Waals surface area contributed by atoms with Gasteiger partial charge < -0.3 is 15.0 Å². The van der Waals surface area contributed by atoms with Gasteiger partial charge in [-0.25, -0.2) is 17.5 Å². The van der Waals surface area contributed by atoms with Crippen LogP contribution in [0.2, 0.25) is 0 Å². The average molecular weight is 441 g/mol. The molecule has 3 rings (SSSR count). The van der Waals surface area contributed by atoms with Crippen LogP contribution < -0.4 is 10.0 Å². The van der Waals surface area contributed by atoms with Crippen molar-refractivity contribution in [3.8, 4) is 0 Å². The van der Waals surface area contributed by atoms with E-state index in [1.54, 1.807) is 36.7 Å². The molecule has 29 heavy (non-hydrogen) atoms. The van der Waals surface area contributed by atoms with Crippen LogP contribution in [0.4, 0.5) is 4.39 Å². The van der Waals surface area contributed by atoms with Crippen LogP contribution in [0.25, 0.3) is 0 Å². The van der Waals surface area contributed by atoms with Gasteiger partial charge in [-0.05, 0) is 36.1 Å². The molecule has 0 spiro atoms. The van der Waals surface area contributed by atoms with Crippen molar-refractivity contribution in [2.45, 2.75) is 23.3 Å². The Bertz CT molecular complexity index is 917. The van der Waals surface area contributed by atoms with Crippen molar-refractivity contribution in [2.75, 3.05) is 33.2 Å². The van der Waals surface area contributed by atoms with Crippen LogP contribution in [0.5, 0.6) is 0 Å². The highest BCUT2D eigenvalue weighted by molar-refractivity contribution is 7.91. The van der Waals surface area contributed by atoms with Gasteiger partial charge in [-0.3, -0.25) is 4.99 Å². The predicted octanol–water partition coefficient (Wildman–Crippen LogP) is 2.20. The summed E-state index contributed by atoms with van der Waals surface area (Å²) in [5.74, 6) is 0.388. The van der Waals surface area contributed by atoms with E-state index in [2.05, 4.69) is 19.9 Å². The van der Waals surface area contributed by atoms with Crippen LogP contribution in [0, 0.1) is 5.82 Å². The lowest BCUT2D eigenvalue weighted by Crippen LogP contribution is -2.51. The molecule has 2 atom stereocenters. The van der Waals surface area contributed by atoms with Gasteiger partial charge >= 0.3 is 0 Å². The molecule has 10 heteroatoms. The number of hydrogen-bond acceptors (Lipinski definition) is 5. The van der Waals surface area contributed by atoms with Gasteiger partial charge in [-0.15, -0.1) is 11.3 Å². The summed E-state index contributed by atoms with van der Waals surface area (Å²) in [7, 11) is -1.79. The summed E-state index contributed by atoms with van der Waals surface area (Å²) < 4.78 is 46.4. The largest absolute Gasteiger partial charge is 0.367 e. The fourth-order valence-corrected chi connectivity index (χ4v) is 5.23. The van der Waals surface area contributed by atoms with E-state index in [9.17, 15) is 12.8 Å². The molecule has 2 N–H and O–H groups in total. The van der Waals surface area contributed by atoms with Gasteiger partial charge in [0, 0.05) is 26.7 Å². The summed E-state index contributed by atoms with van der Waals surface area (Å²) in [5, 5.41) is 4.92. The van der Waals surface area contributed by atoms with Crippen LogP contribution in [0.15, 0.2) is 51.0 Å². The number of hydrogen-bond donors (Lipinski definition) is 2. The molecule has 0 aliphatic carbocycles. The van der Waals surface area contributed by atoms with E-state index in [0.29, 0.717) is 29.8 Å². The number of benzene rings is 1. The molecule has 1 aliphatic rings. The van der Waals surface area contributed by atoms with E-state index in [1.165, 1.54) is 23.5 Å². The highest BCUT2D eigenvalue weighted by atomic mass is 32.2. The van der Waals surface area contributed by atoms with Crippen molar-refractivity contribution in [3.63, 3.8) is 0 Å². The summed E-state index contributed by atoms with van der Waals surface area (Å²) >= 11 is 1.18. The van der Waals surface area contributed by atoms with Crippen molar-refractivity contribution >= 4 is 27.3 Å². The lowest BCUT2D eigenvalue weighted by molar-refractivity contribution is -0.0604. The molecule has 158 valence electrons. The first-order valence-electron chi connectivity index (χ1n) is 9.29. The normalized spacial score (nSPS) is 20.7. The number of sulfonamides is 1. The Kier molecular flexibility index (Phi) is 7.23. The molecule has 2 aromatic rings. The molecule has 1 aliphatic heterocycles. The van der Waals surface area contributed by atoms with Gasteiger partial charge in [0.25, 0.3) is 0 Å². The van der Waals surface area contributed by atoms with Crippen LogP contribution in [-0.2, 0) is 14.8 Å². The van der Waals surface area contributed by atoms with Crippen LogP contribution in [0.1, 0.15) is 18.6 Å². The first-order valence-corrected chi connectivity index (χ1v) is 11.6. The van der Waals surface area contributed by atoms with Gasteiger partial charge in [-0.1, -0.05) is 18.2 Å². The zero-order valence-electron chi connectivity index (χ0n) is 16.3. The summed E-state index contributed by atoms with van der Waals surface area (Å²) in [6, 6.07) is 9.59. The van der Waals surface area contributed by atoms with Crippen molar-refractivity contribution in [1.82, 2.24) is 14.9 Å². The molecular formula is C19H25FN4O3S2. The van der Waals surface area contributed by atoms with E-state index in [1.807, 2.05) is 6.92 Å². The number of ether oxygens (including phenoxy) is 1. The standard InChI is InChI=1S/C19H25FN4O3S2/c1-14-12-24(13-17(27-14)15-5-7-16(20)8-6-15)19(21-2)22-9-10-23-29(25,26)18-4-3-11-28-18/h3-8,11,14,17,23H,9-10,12-13H2,1-2H3,(H,21,22). The third-order valence-corrected chi connectivity index (χ3v) is 7.33. The molecule has 2 heterocycles. The Morgan fingerprint density at radius 2 is 2.03 bits per heavy atom. The van der Waals surface area contributed by atoms with E-state index in [4.69, 9.17) is 4.74 Å². The number of nitrogens with one attached hydrogen (secondary N) is 2. The minimum Gasteiger partial charge on any atom is -0.367 e. The maximum atomic E-state index is 13.2. The molecule has 0 radical (unpaired) electrons. The second-order valence-corrected chi connectivity index (χ2v) is 9.64. The molecule has 1 aromatic heterocycles. The molecule has 1 saturated heterocycles. The van der Waals surface area contributed by atoms with Crippen LogP contribution in [0.3, 0.4) is 0 Å². The average Bonchev–Trinajstić information content (AvgIpc) is 3.24. The predicted molar refractivity (Wildman–Crippen MR) is 112 cm³/mol. The van der Waals surface area contributed by atoms with Gasteiger partial charge in [-0.2, -0.15) is 0 Å². The van der Waals surface area contributed by atoms with Crippen LogP contribution in [-0.4, -0.2) is 58.6 Å². The number of morpholine rings is 1. The number of halogens is 1. The van der Waals surface area contributed by atoms with Gasteiger partial charge in [0.2, 0.25) is 10.0 Å². The van der Waals surface area contributed by atoms with E-state index in [-0.39, 0.29) is 24.6 Å². The number of aliphatic imine (C=N–C) groups is 1. The fourth-order valence-electron chi connectivity index (χ4n) is 3.17. The second-order valence-electron chi connectivity index (χ2n) is 6.70.